The number of fused-ring (bicyclic) bond motifs is 1. The number of amides is 1. The highest BCUT2D eigenvalue weighted by Crippen LogP contribution is 2.17. The van der Waals surface area contributed by atoms with Gasteiger partial charge in [-0.3, -0.25) is 9.78 Å². The molecule has 7 heteroatoms. The van der Waals surface area contributed by atoms with E-state index in [4.69, 9.17) is 4.74 Å². The number of esters is 1. The van der Waals surface area contributed by atoms with Crippen molar-refractivity contribution in [2.45, 2.75) is 72.4 Å². The molecule has 0 aromatic carbocycles. The number of rotatable bonds is 11. The number of nitrogens with zero attached hydrogens (tertiary/aromatic N) is 4. The molecule has 0 aliphatic carbocycles. The number of pyridine rings is 1. The predicted molar refractivity (Wildman–Crippen MR) is 113 cm³/mol. The summed E-state index contributed by atoms with van der Waals surface area (Å²) in [6, 6.07) is 1.48. The zero-order chi connectivity index (χ0) is 21.4. The summed E-state index contributed by atoms with van der Waals surface area (Å²) in [6.07, 6.45) is 7.33. The van der Waals surface area contributed by atoms with E-state index in [0.29, 0.717) is 25.4 Å². The number of aromatic nitrogens is 3. The van der Waals surface area contributed by atoms with Gasteiger partial charge in [-0.15, -0.1) is 0 Å². The van der Waals surface area contributed by atoms with Crippen molar-refractivity contribution in [3.63, 3.8) is 0 Å². The van der Waals surface area contributed by atoms with E-state index in [2.05, 4.69) is 14.5 Å². The molecule has 0 aliphatic heterocycles. The van der Waals surface area contributed by atoms with Crippen molar-refractivity contribution in [3.8, 4) is 0 Å². The van der Waals surface area contributed by atoms with Gasteiger partial charge in [0.1, 0.15) is 17.4 Å². The lowest BCUT2D eigenvalue weighted by atomic mass is 10.0. The maximum atomic E-state index is 12.6. The van der Waals surface area contributed by atoms with Gasteiger partial charge in [-0.2, -0.15) is 0 Å². The first-order chi connectivity index (χ1) is 13.8. The largest absolute Gasteiger partial charge is 0.464 e. The molecule has 0 saturated carbocycles. The van der Waals surface area contributed by atoms with E-state index in [0.717, 1.165) is 42.7 Å². The average Bonchev–Trinajstić information content (AvgIpc) is 3.00. The molecule has 29 heavy (non-hydrogen) atoms. The lowest BCUT2D eigenvalue weighted by Crippen LogP contribution is -2.44. The van der Waals surface area contributed by atoms with Gasteiger partial charge >= 0.3 is 5.97 Å². The summed E-state index contributed by atoms with van der Waals surface area (Å²) in [7, 11) is 1.71. The van der Waals surface area contributed by atoms with Crippen molar-refractivity contribution in [1.82, 2.24) is 19.4 Å². The lowest BCUT2D eigenvalue weighted by Gasteiger charge is -2.27. The topological polar surface area (TPSA) is 77.3 Å². The second-order valence-corrected chi connectivity index (χ2v) is 7.89. The van der Waals surface area contributed by atoms with Crippen molar-refractivity contribution in [3.05, 3.63) is 24.3 Å². The highest BCUT2D eigenvalue weighted by molar-refractivity contribution is 5.84. The zero-order valence-corrected chi connectivity index (χ0v) is 18.4. The van der Waals surface area contributed by atoms with E-state index in [1.165, 1.54) is 0 Å². The van der Waals surface area contributed by atoms with Gasteiger partial charge in [0.2, 0.25) is 5.91 Å². The maximum Gasteiger partial charge on any atom is 0.328 e. The molecule has 0 N–H and O–H groups in total. The molecule has 0 fully saturated rings. The Balaban J connectivity index is 1.82. The Morgan fingerprint density at radius 1 is 1.24 bits per heavy atom. The zero-order valence-electron chi connectivity index (χ0n) is 18.4. The van der Waals surface area contributed by atoms with E-state index in [1.54, 1.807) is 31.3 Å². The van der Waals surface area contributed by atoms with Crippen LogP contribution in [0.4, 0.5) is 0 Å². The normalized spacial score (nSPS) is 12.3. The van der Waals surface area contributed by atoms with Crippen LogP contribution < -0.4 is 0 Å². The van der Waals surface area contributed by atoms with Crippen molar-refractivity contribution in [2.75, 3.05) is 13.7 Å². The van der Waals surface area contributed by atoms with Crippen molar-refractivity contribution in [1.29, 1.82) is 0 Å². The second-order valence-electron chi connectivity index (χ2n) is 7.89. The third-order valence-corrected chi connectivity index (χ3v) is 5.13. The van der Waals surface area contributed by atoms with Crippen molar-refractivity contribution >= 4 is 22.9 Å². The SMILES string of the molecule is CCOC(=O)[C@@H](CC(C)C)N(C)C(=O)CCCCCn1c(C)nc2cnccc21. The minimum Gasteiger partial charge on any atom is -0.464 e. The van der Waals surface area contributed by atoms with Crippen LogP contribution in [0.3, 0.4) is 0 Å². The van der Waals surface area contributed by atoms with Gasteiger partial charge in [0.25, 0.3) is 0 Å². The molecule has 0 spiro atoms. The molecular formula is C22H34N4O3. The number of imidazole rings is 1. The summed E-state index contributed by atoms with van der Waals surface area (Å²) in [6.45, 7) is 9.07. The number of hydrogen-bond donors (Lipinski definition) is 0. The molecule has 2 heterocycles. The molecular weight excluding hydrogens is 368 g/mol. The summed E-state index contributed by atoms with van der Waals surface area (Å²) < 4.78 is 7.36. The second kappa shape index (κ2) is 10.9. The standard InChI is InChI=1S/C22H34N4O3/c1-6-29-22(28)20(14-16(2)3)25(5)21(27)10-8-7-9-13-26-17(4)24-18-15-23-12-11-19(18)26/h11-12,15-16,20H,6-10,13-14H2,1-5H3/t20-/m1/s1. The van der Waals surface area contributed by atoms with Gasteiger partial charge < -0.3 is 14.2 Å². The monoisotopic (exact) mass is 402 g/mol. The van der Waals surface area contributed by atoms with Crippen molar-refractivity contribution < 1.29 is 14.3 Å². The Labute approximate surface area is 173 Å². The van der Waals surface area contributed by atoms with E-state index < -0.39 is 6.04 Å². The van der Waals surface area contributed by atoms with Crippen LogP contribution in [-0.4, -0.2) is 51.0 Å². The van der Waals surface area contributed by atoms with E-state index in [1.807, 2.05) is 26.8 Å². The van der Waals surface area contributed by atoms with Crippen LogP contribution in [0.5, 0.6) is 0 Å². The number of ether oxygens (including phenoxy) is 1. The number of aryl methyl sites for hydroxylation is 2. The number of hydrogen-bond acceptors (Lipinski definition) is 5. The fraction of sp³-hybridized carbons (Fsp3) is 0.636. The fourth-order valence-electron chi connectivity index (χ4n) is 3.55. The molecule has 0 radical (unpaired) electrons. The van der Waals surface area contributed by atoms with Crippen LogP contribution in [0.25, 0.3) is 11.0 Å². The molecule has 0 saturated heterocycles. The van der Waals surface area contributed by atoms with Crippen LogP contribution in [0.15, 0.2) is 18.5 Å². The summed E-state index contributed by atoms with van der Waals surface area (Å²) in [5.74, 6) is 0.978. The Morgan fingerprint density at radius 2 is 2.00 bits per heavy atom. The molecule has 1 atom stereocenters. The highest BCUT2D eigenvalue weighted by Gasteiger charge is 2.28. The van der Waals surface area contributed by atoms with Gasteiger partial charge in [0.15, 0.2) is 0 Å². The van der Waals surface area contributed by atoms with Crippen LogP contribution in [0.1, 0.15) is 58.7 Å². The number of carbonyl (C=O) groups is 2. The number of likely N-dealkylation sites (N-methyl/N-ethyl adjacent to an activating group) is 1. The van der Waals surface area contributed by atoms with Gasteiger partial charge in [0.05, 0.1) is 18.3 Å². The first-order valence-electron chi connectivity index (χ1n) is 10.5. The Hall–Kier alpha value is -2.44. The Kier molecular flexibility index (Phi) is 8.61. The van der Waals surface area contributed by atoms with E-state index >= 15 is 0 Å². The molecule has 0 aliphatic rings. The molecule has 0 unspecified atom stereocenters. The quantitative estimate of drug-likeness (QED) is 0.423. The van der Waals surface area contributed by atoms with Gasteiger partial charge in [-0.1, -0.05) is 20.3 Å². The highest BCUT2D eigenvalue weighted by atomic mass is 16.5. The minimum atomic E-state index is -0.504. The summed E-state index contributed by atoms with van der Waals surface area (Å²) >= 11 is 0. The van der Waals surface area contributed by atoms with Gasteiger partial charge in [-0.05, 0) is 45.1 Å². The Bertz CT molecular complexity index is 815. The van der Waals surface area contributed by atoms with Gasteiger partial charge in [-0.25, -0.2) is 9.78 Å². The molecule has 1 amide bonds. The van der Waals surface area contributed by atoms with E-state index in [9.17, 15) is 9.59 Å². The average molecular weight is 403 g/mol. The van der Waals surface area contributed by atoms with Crippen LogP contribution >= 0.6 is 0 Å². The molecule has 7 nitrogen and oxygen atoms in total. The van der Waals surface area contributed by atoms with Crippen molar-refractivity contribution in [2.24, 2.45) is 5.92 Å². The van der Waals surface area contributed by atoms with E-state index in [-0.39, 0.29) is 11.9 Å². The van der Waals surface area contributed by atoms with Crippen LogP contribution in [0.2, 0.25) is 0 Å². The minimum absolute atomic E-state index is 0.000890. The number of carbonyl (C=O) groups excluding carboxylic acids is 2. The summed E-state index contributed by atoms with van der Waals surface area (Å²) in [5, 5.41) is 0. The third-order valence-electron chi connectivity index (χ3n) is 5.13. The number of unbranched alkanes of at least 4 members (excludes halogenated alkanes) is 2. The first-order valence-corrected chi connectivity index (χ1v) is 10.5. The predicted octanol–water partition coefficient (Wildman–Crippen LogP) is 3.74. The fourth-order valence-corrected chi connectivity index (χ4v) is 3.55. The van der Waals surface area contributed by atoms with Gasteiger partial charge in [0, 0.05) is 26.2 Å². The molecule has 160 valence electrons. The smallest absolute Gasteiger partial charge is 0.328 e. The molecule has 2 aromatic rings. The Morgan fingerprint density at radius 3 is 2.69 bits per heavy atom. The van der Waals surface area contributed by atoms with Crippen LogP contribution in [-0.2, 0) is 20.9 Å². The lowest BCUT2D eigenvalue weighted by molar-refractivity contribution is -0.154. The molecule has 2 rings (SSSR count). The summed E-state index contributed by atoms with van der Waals surface area (Å²) in [4.78, 5) is 35.1. The maximum absolute atomic E-state index is 12.6. The molecule has 2 aromatic heterocycles. The van der Waals surface area contributed by atoms with Crippen LogP contribution in [0, 0.1) is 12.8 Å². The summed E-state index contributed by atoms with van der Waals surface area (Å²) in [5.41, 5.74) is 2.01. The third kappa shape index (κ3) is 6.27. The molecule has 0 bridgehead atoms. The first kappa shape index (κ1) is 22.8.